The molecule has 4 nitrogen and oxygen atoms in total. The molecule has 19 heavy (non-hydrogen) atoms. The van der Waals surface area contributed by atoms with Gasteiger partial charge in [-0.25, -0.2) is 0 Å². The Morgan fingerprint density at radius 3 is 2.68 bits per heavy atom. The Balaban J connectivity index is 2.35. The molecule has 0 aromatic heterocycles. The lowest BCUT2D eigenvalue weighted by atomic mass is 10.1. The predicted molar refractivity (Wildman–Crippen MR) is 81.7 cm³/mol. The van der Waals surface area contributed by atoms with Crippen LogP contribution in [0.1, 0.15) is 20.3 Å². The second-order valence-electron chi connectivity index (χ2n) is 5.33. The summed E-state index contributed by atoms with van der Waals surface area (Å²) in [6.45, 7) is 5.36. The molecule has 0 bridgehead atoms. The highest BCUT2D eigenvalue weighted by molar-refractivity contribution is 5.80. The molecule has 1 rings (SSSR count). The summed E-state index contributed by atoms with van der Waals surface area (Å²) in [5, 5.41) is 6.05. The number of hydrogen-bond acceptors (Lipinski definition) is 3. The van der Waals surface area contributed by atoms with E-state index in [2.05, 4.69) is 24.5 Å². The molecule has 0 fully saturated rings. The monoisotopic (exact) mass is 263 g/mol. The fraction of sp³-hybridized carbons (Fsp3) is 0.533. The summed E-state index contributed by atoms with van der Waals surface area (Å²) >= 11 is 0. The van der Waals surface area contributed by atoms with E-state index >= 15 is 0 Å². The highest BCUT2D eigenvalue weighted by atomic mass is 16.1. The maximum atomic E-state index is 11.6. The molecule has 1 aromatic carbocycles. The Hall–Kier alpha value is -1.71. The topological polar surface area (TPSA) is 44.4 Å². The number of anilines is 2. The molecule has 0 saturated heterocycles. The van der Waals surface area contributed by atoms with Crippen molar-refractivity contribution < 1.29 is 4.79 Å². The Bertz CT molecular complexity index is 402. The van der Waals surface area contributed by atoms with Crippen molar-refractivity contribution in [3.63, 3.8) is 0 Å². The van der Waals surface area contributed by atoms with Crippen LogP contribution in [-0.4, -0.2) is 33.1 Å². The van der Waals surface area contributed by atoms with E-state index in [1.54, 1.807) is 0 Å². The zero-order valence-electron chi connectivity index (χ0n) is 12.4. The molecule has 0 aliphatic rings. The van der Waals surface area contributed by atoms with Crippen LogP contribution in [0, 0.1) is 5.92 Å². The van der Waals surface area contributed by atoms with E-state index in [9.17, 15) is 4.79 Å². The molecular weight excluding hydrogens is 238 g/mol. The standard InChI is InChI=1S/C15H25N3O/c1-12(2)8-9-16-15(19)11-17-13-6-5-7-14(10-13)18(3)4/h5-7,10,12,17H,8-9,11H2,1-4H3,(H,16,19). The van der Waals surface area contributed by atoms with Crippen molar-refractivity contribution in [3.05, 3.63) is 24.3 Å². The second-order valence-corrected chi connectivity index (χ2v) is 5.33. The van der Waals surface area contributed by atoms with Gasteiger partial charge in [0, 0.05) is 32.0 Å². The van der Waals surface area contributed by atoms with Crippen LogP contribution in [0.15, 0.2) is 24.3 Å². The molecule has 0 radical (unpaired) electrons. The van der Waals surface area contributed by atoms with Crippen LogP contribution >= 0.6 is 0 Å². The average Bonchev–Trinajstić information content (AvgIpc) is 2.36. The van der Waals surface area contributed by atoms with Crippen LogP contribution in [0.4, 0.5) is 11.4 Å². The van der Waals surface area contributed by atoms with E-state index in [1.807, 2.05) is 43.3 Å². The van der Waals surface area contributed by atoms with Gasteiger partial charge in [0.15, 0.2) is 0 Å². The van der Waals surface area contributed by atoms with Crippen molar-refractivity contribution in [2.24, 2.45) is 5.92 Å². The number of benzene rings is 1. The number of nitrogens with zero attached hydrogens (tertiary/aromatic N) is 1. The van der Waals surface area contributed by atoms with Crippen molar-refractivity contribution in [1.29, 1.82) is 0 Å². The molecule has 0 unspecified atom stereocenters. The van der Waals surface area contributed by atoms with E-state index in [-0.39, 0.29) is 5.91 Å². The molecule has 4 heteroatoms. The summed E-state index contributed by atoms with van der Waals surface area (Å²) in [6, 6.07) is 8.01. The van der Waals surface area contributed by atoms with Gasteiger partial charge in [0.25, 0.3) is 0 Å². The third kappa shape index (κ3) is 6.13. The van der Waals surface area contributed by atoms with Gasteiger partial charge in [-0.05, 0) is 30.5 Å². The Morgan fingerprint density at radius 2 is 2.05 bits per heavy atom. The van der Waals surface area contributed by atoms with Crippen molar-refractivity contribution in [1.82, 2.24) is 5.32 Å². The number of carbonyl (C=O) groups excluding carboxylic acids is 1. The minimum absolute atomic E-state index is 0.0379. The molecule has 1 amide bonds. The number of hydrogen-bond donors (Lipinski definition) is 2. The Kier molecular flexibility index (Phi) is 6.19. The zero-order chi connectivity index (χ0) is 14.3. The lowest BCUT2D eigenvalue weighted by molar-refractivity contribution is -0.119. The molecule has 0 saturated carbocycles. The van der Waals surface area contributed by atoms with Crippen molar-refractivity contribution in [2.45, 2.75) is 20.3 Å². The number of amides is 1. The number of rotatable bonds is 7. The van der Waals surface area contributed by atoms with Crippen molar-refractivity contribution in [3.8, 4) is 0 Å². The van der Waals surface area contributed by atoms with Gasteiger partial charge in [0.05, 0.1) is 6.54 Å². The highest BCUT2D eigenvalue weighted by Crippen LogP contribution is 2.16. The molecule has 0 atom stereocenters. The van der Waals surface area contributed by atoms with Gasteiger partial charge in [0.2, 0.25) is 5.91 Å². The quantitative estimate of drug-likeness (QED) is 0.793. The van der Waals surface area contributed by atoms with E-state index in [0.29, 0.717) is 12.5 Å². The van der Waals surface area contributed by atoms with Gasteiger partial charge in [0.1, 0.15) is 0 Å². The van der Waals surface area contributed by atoms with Gasteiger partial charge < -0.3 is 15.5 Å². The van der Waals surface area contributed by atoms with E-state index in [1.165, 1.54) is 0 Å². The number of carbonyl (C=O) groups is 1. The van der Waals surface area contributed by atoms with Gasteiger partial charge in [-0.1, -0.05) is 19.9 Å². The Labute approximate surface area is 116 Å². The minimum Gasteiger partial charge on any atom is -0.378 e. The normalized spacial score (nSPS) is 10.4. The lowest BCUT2D eigenvalue weighted by Gasteiger charge is -2.14. The summed E-state index contributed by atoms with van der Waals surface area (Å²) in [6.07, 6.45) is 1.02. The first-order valence-electron chi connectivity index (χ1n) is 6.77. The SMILES string of the molecule is CC(C)CCNC(=O)CNc1cccc(N(C)C)c1. The maximum Gasteiger partial charge on any atom is 0.239 e. The summed E-state index contributed by atoms with van der Waals surface area (Å²) in [5.74, 6) is 0.654. The fourth-order valence-electron chi connectivity index (χ4n) is 1.64. The summed E-state index contributed by atoms with van der Waals surface area (Å²) in [7, 11) is 4.00. The zero-order valence-corrected chi connectivity index (χ0v) is 12.4. The van der Waals surface area contributed by atoms with Crippen LogP contribution < -0.4 is 15.5 Å². The third-order valence-electron chi connectivity index (χ3n) is 2.86. The Morgan fingerprint density at radius 1 is 1.32 bits per heavy atom. The minimum atomic E-state index is 0.0379. The van der Waals surface area contributed by atoms with Gasteiger partial charge in [-0.3, -0.25) is 4.79 Å². The lowest BCUT2D eigenvalue weighted by Crippen LogP contribution is -2.31. The van der Waals surface area contributed by atoms with Gasteiger partial charge in [-0.15, -0.1) is 0 Å². The molecule has 2 N–H and O–H groups in total. The van der Waals surface area contributed by atoms with E-state index in [4.69, 9.17) is 0 Å². The van der Waals surface area contributed by atoms with Crippen LogP contribution in [-0.2, 0) is 4.79 Å². The van der Waals surface area contributed by atoms with Crippen LogP contribution in [0.3, 0.4) is 0 Å². The molecule has 0 spiro atoms. The molecular formula is C15H25N3O. The van der Waals surface area contributed by atoms with E-state index in [0.717, 1.165) is 24.3 Å². The van der Waals surface area contributed by atoms with Crippen LogP contribution in [0.25, 0.3) is 0 Å². The summed E-state index contributed by atoms with van der Waals surface area (Å²) in [5.41, 5.74) is 2.08. The first-order valence-corrected chi connectivity index (χ1v) is 6.77. The largest absolute Gasteiger partial charge is 0.378 e. The van der Waals surface area contributed by atoms with Crippen LogP contribution in [0.2, 0.25) is 0 Å². The highest BCUT2D eigenvalue weighted by Gasteiger charge is 2.02. The molecule has 0 aliphatic heterocycles. The summed E-state index contributed by atoms with van der Waals surface area (Å²) in [4.78, 5) is 13.7. The van der Waals surface area contributed by atoms with E-state index < -0.39 is 0 Å². The average molecular weight is 263 g/mol. The van der Waals surface area contributed by atoms with Crippen molar-refractivity contribution >= 4 is 17.3 Å². The van der Waals surface area contributed by atoms with Crippen molar-refractivity contribution in [2.75, 3.05) is 37.4 Å². The number of nitrogens with one attached hydrogen (secondary N) is 2. The first kappa shape index (κ1) is 15.3. The smallest absolute Gasteiger partial charge is 0.239 e. The predicted octanol–water partition coefficient (Wildman–Crippen LogP) is 2.33. The molecule has 0 aliphatic carbocycles. The second kappa shape index (κ2) is 7.67. The first-order chi connectivity index (χ1) is 8.99. The fourth-order valence-corrected chi connectivity index (χ4v) is 1.64. The van der Waals surface area contributed by atoms with Gasteiger partial charge in [-0.2, -0.15) is 0 Å². The molecule has 1 aromatic rings. The third-order valence-corrected chi connectivity index (χ3v) is 2.86. The van der Waals surface area contributed by atoms with Crippen LogP contribution in [0.5, 0.6) is 0 Å². The maximum absolute atomic E-state index is 11.6. The summed E-state index contributed by atoms with van der Waals surface area (Å²) < 4.78 is 0. The molecule has 0 heterocycles. The molecule has 106 valence electrons. The van der Waals surface area contributed by atoms with Gasteiger partial charge >= 0.3 is 0 Å².